The Bertz CT molecular complexity index is 1010. The molecule has 2 aromatic heterocycles. The Morgan fingerprint density at radius 1 is 1.18 bits per heavy atom. The monoisotopic (exact) mass is 377 g/mol. The average molecular weight is 377 g/mol. The Kier molecular flexibility index (Phi) is 4.31. The number of nitrogens with one attached hydrogen (secondary N) is 1. The minimum Gasteiger partial charge on any atom is -0.368 e. The normalized spacial score (nSPS) is 19.0. The Hall–Kier alpha value is -2.80. The minimum atomic E-state index is -0.333. The number of carbonyl (C=O) groups excluding carboxylic acids is 1. The van der Waals surface area contributed by atoms with E-state index in [-0.39, 0.29) is 12.0 Å². The molecule has 1 aromatic carbocycles. The van der Waals surface area contributed by atoms with E-state index in [0.29, 0.717) is 12.4 Å². The summed E-state index contributed by atoms with van der Waals surface area (Å²) in [4.78, 5) is 21.7. The molecule has 0 saturated carbocycles. The van der Waals surface area contributed by atoms with Crippen LogP contribution in [0.2, 0.25) is 0 Å². The molecule has 1 fully saturated rings. The van der Waals surface area contributed by atoms with Crippen molar-refractivity contribution in [2.75, 3.05) is 11.9 Å². The predicted molar refractivity (Wildman–Crippen MR) is 105 cm³/mol. The van der Waals surface area contributed by atoms with Gasteiger partial charge in [-0.2, -0.15) is 5.10 Å². The van der Waals surface area contributed by atoms with Gasteiger partial charge in [-0.25, -0.2) is 14.5 Å². The number of amides is 1. The van der Waals surface area contributed by atoms with Crippen LogP contribution in [0.4, 0.5) is 5.69 Å². The van der Waals surface area contributed by atoms with Crippen molar-refractivity contribution in [1.29, 1.82) is 0 Å². The van der Waals surface area contributed by atoms with Crippen molar-refractivity contribution in [3.05, 3.63) is 41.3 Å². The zero-order valence-electron chi connectivity index (χ0n) is 15.9. The van der Waals surface area contributed by atoms with Gasteiger partial charge in [0.05, 0.1) is 23.3 Å². The molecule has 3 heterocycles. The van der Waals surface area contributed by atoms with Crippen LogP contribution in [0, 0.1) is 6.92 Å². The number of aromatic nitrogens is 4. The zero-order chi connectivity index (χ0) is 19.1. The molecule has 28 heavy (non-hydrogen) atoms. The van der Waals surface area contributed by atoms with Crippen molar-refractivity contribution in [3.63, 3.8) is 0 Å². The molecule has 1 N–H and O–H groups in total. The van der Waals surface area contributed by atoms with Crippen molar-refractivity contribution in [2.24, 2.45) is 0 Å². The molecule has 7 nitrogen and oxygen atoms in total. The zero-order valence-corrected chi connectivity index (χ0v) is 15.9. The third-order valence-electron chi connectivity index (χ3n) is 5.55. The molecule has 144 valence electrons. The standard InChI is InChI=1S/C21H23N5O2/c1-13-11-14(8-9-15(13)22-20(27)19-7-4-10-28-19)18-12-26-21(24-18)23-16-5-2-3-6-17(16)25-26/h8-9,11-12,19H,2-7,10H2,1H3,(H,22,27). The first-order valence-corrected chi connectivity index (χ1v) is 9.96. The van der Waals surface area contributed by atoms with Crippen molar-refractivity contribution >= 4 is 17.4 Å². The van der Waals surface area contributed by atoms with Gasteiger partial charge in [-0.05, 0) is 63.1 Å². The Morgan fingerprint density at radius 2 is 2.04 bits per heavy atom. The van der Waals surface area contributed by atoms with Crippen LogP contribution in [0.25, 0.3) is 17.0 Å². The second kappa shape index (κ2) is 6.98. The second-order valence-electron chi connectivity index (χ2n) is 7.60. The van der Waals surface area contributed by atoms with Gasteiger partial charge < -0.3 is 10.1 Å². The Morgan fingerprint density at radius 3 is 2.82 bits per heavy atom. The third kappa shape index (κ3) is 3.16. The summed E-state index contributed by atoms with van der Waals surface area (Å²) < 4.78 is 7.24. The van der Waals surface area contributed by atoms with Gasteiger partial charge >= 0.3 is 0 Å². The fourth-order valence-corrected chi connectivity index (χ4v) is 3.96. The highest BCUT2D eigenvalue weighted by atomic mass is 16.5. The van der Waals surface area contributed by atoms with Crippen molar-refractivity contribution in [3.8, 4) is 11.3 Å². The lowest BCUT2D eigenvalue weighted by atomic mass is 10.0. The van der Waals surface area contributed by atoms with Gasteiger partial charge in [0.25, 0.3) is 11.7 Å². The van der Waals surface area contributed by atoms with E-state index in [2.05, 4.69) is 10.3 Å². The molecule has 1 saturated heterocycles. The van der Waals surface area contributed by atoms with Gasteiger partial charge in [-0.1, -0.05) is 6.07 Å². The summed E-state index contributed by atoms with van der Waals surface area (Å²) in [6.45, 7) is 2.65. The molecule has 0 radical (unpaired) electrons. The van der Waals surface area contributed by atoms with Crippen molar-refractivity contribution in [1.82, 2.24) is 19.6 Å². The van der Waals surface area contributed by atoms with E-state index in [1.807, 2.05) is 31.3 Å². The van der Waals surface area contributed by atoms with Crippen LogP contribution in [-0.2, 0) is 22.4 Å². The van der Waals surface area contributed by atoms with E-state index in [0.717, 1.165) is 59.6 Å². The van der Waals surface area contributed by atoms with Gasteiger partial charge in [0.2, 0.25) is 0 Å². The number of fused-ring (bicyclic) bond motifs is 2. The number of nitrogens with zero attached hydrogens (tertiary/aromatic N) is 4. The highest BCUT2D eigenvalue weighted by molar-refractivity contribution is 5.95. The van der Waals surface area contributed by atoms with E-state index in [4.69, 9.17) is 14.8 Å². The number of benzene rings is 1. The number of aryl methyl sites for hydroxylation is 3. The highest BCUT2D eigenvalue weighted by Gasteiger charge is 2.24. The van der Waals surface area contributed by atoms with Crippen LogP contribution in [0.15, 0.2) is 24.4 Å². The predicted octanol–water partition coefficient (Wildman–Crippen LogP) is 3.10. The first-order chi connectivity index (χ1) is 13.7. The topological polar surface area (TPSA) is 81.4 Å². The number of anilines is 1. The van der Waals surface area contributed by atoms with Crippen molar-refractivity contribution in [2.45, 2.75) is 51.6 Å². The van der Waals surface area contributed by atoms with E-state index in [9.17, 15) is 4.79 Å². The Labute approximate surface area is 163 Å². The summed E-state index contributed by atoms with van der Waals surface area (Å²) >= 11 is 0. The molecule has 0 bridgehead atoms. The van der Waals surface area contributed by atoms with Crippen LogP contribution < -0.4 is 5.32 Å². The quantitative estimate of drug-likeness (QED) is 0.758. The maximum Gasteiger partial charge on any atom is 0.253 e. The molecular formula is C21H23N5O2. The first-order valence-electron chi connectivity index (χ1n) is 9.96. The summed E-state index contributed by atoms with van der Waals surface area (Å²) in [6.07, 6.45) is 7.64. The number of imidazole rings is 1. The Balaban J connectivity index is 1.41. The van der Waals surface area contributed by atoms with E-state index >= 15 is 0 Å². The van der Waals surface area contributed by atoms with Crippen LogP contribution in [0.3, 0.4) is 0 Å². The summed E-state index contributed by atoms with van der Waals surface area (Å²) in [5.41, 5.74) is 5.78. The molecule has 7 heteroatoms. The molecule has 1 aliphatic carbocycles. The lowest BCUT2D eigenvalue weighted by Crippen LogP contribution is -2.27. The van der Waals surface area contributed by atoms with Gasteiger partial charge in [-0.3, -0.25) is 4.79 Å². The molecule has 1 atom stereocenters. The van der Waals surface area contributed by atoms with Crippen molar-refractivity contribution < 1.29 is 9.53 Å². The third-order valence-corrected chi connectivity index (χ3v) is 5.55. The number of ether oxygens (including phenoxy) is 1. The van der Waals surface area contributed by atoms with Crippen LogP contribution in [0.5, 0.6) is 0 Å². The maximum absolute atomic E-state index is 12.3. The first kappa shape index (κ1) is 17.3. The molecule has 0 spiro atoms. The second-order valence-corrected chi connectivity index (χ2v) is 7.60. The molecule has 3 aromatic rings. The fourth-order valence-electron chi connectivity index (χ4n) is 3.96. The van der Waals surface area contributed by atoms with E-state index in [1.54, 1.807) is 4.52 Å². The van der Waals surface area contributed by atoms with Gasteiger partial charge in [0.1, 0.15) is 6.10 Å². The van der Waals surface area contributed by atoms with Gasteiger partial charge in [-0.15, -0.1) is 0 Å². The molecule has 1 unspecified atom stereocenters. The lowest BCUT2D eigenvalue weighted by Gasteiger charge is -2.13. The minimum absolute atomic E-state index is 0.0694. The smallest absolute Gasteiger partial charge is 0.253 e. The van der Waals surface area contributed by atoms with Crippen LogP contribution in [0.1, 0.15) is 42.6 Å². The maximum atomic E-state index is 12.3. The summed E-state index contributed by atoms with van der Waals surface area (Å²) in [6, 6.07) is 5.93. The summed E-state index contributed by atoms with van der Waals surface area (Å²) in [5, 5.41) is 7.69. The van der Waals surface area contributed by atoms with Gasteiger partial charge in [0, 0.05) is 17.9 Å². The SMILES string of the molecule is Cc1cc(-c2cn3nc4c(nc3n2)CCCC4)ccc1NC(=O)C1CCCO1. The largest absolute Gasteiger partial charge is 0.368 e. The van der Waals surface area contributed by atoms with Crippen LogP contribution in [-0.4, -0.2) is 38.2 Å². The highest BCUT2D eigenvalue weighted by Crippen LogP contribution is 2.26. The molecule has 5 rings (SSSR count). The lowest BCUT2D eigenvalue weighted by molar-refractivity contribution is -0.124. The summed E-state index contributed by atoms with van der Waals surface area (Å²) in [7, 11) is 0. The number of hydrogen-bond donors (Lipinski definition) is 1. The molecular weight excluding hydrogens is 354 g/mol. The molecule has 1 amide bonds. The fraction of sp³-hybridized carbons (Fsp3) is 0.429. The van der Waals surface area contributed by atoms with E-state index in [1.165, 1.54) is 12.8 Å². The number of rotatable bonds is 3. The van der Waals surface area contributed by atoms with Gasteiger partial charge in [0.15, 0.2) is 0 Å². The average Bonchev–Trinajstić information content (AvgIpc) is 3.37. The number of carbonyl (C=O) groups is 1. The summed E-state index contributed by atoms with van der Waals surface area (Å²) in [5.74, 6) is 0.573. The van der Waals surface area contributed by atoms with E-state index < -0.39 is 0 Å². The number of hydrogen-bond acceptors (Lipinski definition) is 5. The van der Waals surface area contributed by atoms with Crippen LogP contribution >= 0.6 is 0 Å². The molecule has 1 aliphatic heterocycles. The molecule has 2 aliphatic rings.